The molecule has 20 heavy (non-hydrogen) atoms. The molecular weight excluding hydrogens is 252 g/mol. The third kappa shape index (κ3) is 2.64. The first-order chi connectivity index (χ1) is 9.83. The van der Waals surface area contributed by atoms with Crippen LogP contribution in [-0.4, -0.2) is 15.9 Å². The van der Waals surface area contributed by atoms with Gasteiger partial charge in [0.05, 0.1) is 6.42 Å². The van der Waals surface area contributed by atoms with E-state index in [1.165, 1.54) is 0 Å². The average molecular weight is 264 g/mol. The Balaban J connectivity index is 1.77. The lowest BCUT2D eigenvalue weighted by Crippen LogP contribution is -2.03. The second kappa shape index (κ2) is 5.48. The maximum atomic E-state index is 12.0. The maximum Gasteiger partial charge on any atom is 0.234 e. The Morgan fingerprint density at radius 3 is 2.30 bits per heavy atom. The number of carbonyl (C=O) groups is 1. The van der Waals surface area contributed by atoms with Gasteiger partial charge in [-0.05, 0) is 0 Å². The fourth-order valence-electron chi connectivity index (χ4n) is 1.89. The fourth-order valence-corrected chi connectivity index (χ4v) is 1.89. The molecule has 0 bridgehead atoms. The van der Waals surface area contributed by atoms with Crippen molar-refractivity contribution < 1.29 is 9.32 Å². The smallest absolute Gasteiger partial charge is 0.234 e. The van der Waals surface area contributed by atoms with E-state index >= 15 is 0 Å². The molecule has 3 aromatic rings. The highest BCUT2D eigenvalue weighted by Gasteiger charge is 2.13. The minimum Gasteiger partial charge on any atom is -0.338 e. The third-order valence-corrected chi connectivity index (χ3v) is 2.91. The van der Waals surface area contributed by atoms with E-state index in [0.717, 1.165) is 5.56 Å². The van der Waals surface area contributed by atoms with Crippen molar-refractivity contribution in [3.8, 4) is 11.4 Å². The molecule has 0 fully saturated rings. The minimum absolute atomic E-state index is 0.0335. The van der Waals surface area contributed by atoms with Gasteiger partial charge in [-0.25, -0.2) is 0 Å². The highest BCUT2D eigenvalue weighted by Crippen LogP contribution is 2.15. The zero-order valence-electron chi connectivity index (χ0n) is 10.7. The second-order valence-electron chi connectivity index (χ2n) is 4.34. The number of carbonyl (C=O) groups excluding carboxylic acids is 1. The van der Waals surface area contributed by atoms with Crippen LogP contribution in [0.15, 0.2) is 65.2 Å². The summed E-state index contributed by atoms with van der Waals surface area (Å²) < 4.78 is 5.13. The van der Waals surface area contributed by atoms with Crippen LogP contribution < -0.4 is 0 Å². The Hall–Kier alpha value is -2.75. The van der Waals surface area contributed by atoms with Crippen molar-refractivity contribution in [1.29, 1.82) is 0 Å². The highest BCUT2D eigenvalue weighted by atomic mass is 16.5. The molecule has 98 valence electrons. The van der Waals surface area contributed by atoms with Crippen LogP contribution in [-0.2, 0) is 6.42 Å². The SMILES string of the molecule is O=C(Cc1nc(-c2ccccc2)no1)c1ccccc1. The summed E-state index contributed by atoms with van der Waals surface area (Å²) in [6.45, 7) is 0. The summed E-state index contributed by atoms with van der Waals surface area (Å²) in [6, 6.07) is 18.6. The first-order valence-electron chi connectivity index (χ1n) is 6.29. The molecule has 0 aliphatic heterocycles. The summed E-state index contributed by atoms with van der Waals surface area (Å²) in [4.78, 5) is 16.3. The molecule has 0 saturated heterocycles. The lowest BCUT2D eigenvalue weighted by Gasteiger charge is -1.96. The molecule has 0 unspecified atom stereocenters. The minimum atomic E-state index is -0.0335. The number of rotatable bonds is 4. The summed E-state index contributed by atoms with van der Waals surface area (Å²) in [5.74, 6) is 0.799. The Labute approximate surface area is 116 Å². The van der Waals surface area contributed by atoms with Crippen molar-refractivity contribution >= 4 is 5.78 Å². The zero-order chi connectivity index (χ0) is 13.8. The molecule has 1 aromatic heterocycles. The van der Waals surface area contributed by atoms with Crippen LogP contribution in [0.4, 0.5) is 0 Å². The van der Waals surface area contributed by atoms with Gasteiger partial charge in [0.2, 0.25) is 11.7 Å². The molecule has 2 aromatic carbocycles. The number of benzene rings is 2. The molecule has 3 rings (SSSR count). The van der Waals surface area contributed by atoms with Crippen LogP contribution in [0, 0.1) is 0 Å². The summed E-state index contributed by atoms with van der Waals surface area (Å²) in [7, 11) is 0. The number of nitrogens with zero attached hydrogens (tertiary/aromatic N) is 2. The Kier molecular flexibility index (Phi) is 3.37. The molecule has 1 heterocycles. The van der Waals surface area contributed by atoms with Gasteiger partial charge in [-0.2, -0.15) is 4.98 Å². The predicted molar refractivity (Wildman–Crippen MR) is 74.2 cm³/mol. The number of hydrogen-bond acceptors (Lipinski definition) is 4. The monoisotopic (exact) mass is 264 g/mol. The topological polar surface area (TPSA) is 56.0 Å². The van der Waals surface area contributed by atoms with Crippen molar-refractivity contribution in [2.24, 2.45) is 0 Å². The molecule has 0 saturated carbocycles. The zero-order valence-corrected chi connectivity index (χ0v) is 10.7. The van der Waals surface area contributed by atoms with E-state index in [-0.39, 0.29) is 12.2 Å². The predicted octanol–water partition coefficient (Wildman–Crippen LogP) is 3.16. The molecule has 0 aliphatic rings. The Morgan fingerprint density at radius 1 is 0.950 bits per heavy atom. The first kappa shape index (κ1) is 12.3. The second-order valence-corrected chi connectivity index (χ2v) is 4.34. The standard InChI is InChI=1S/C16H12N2O2/c19-14(12-7-3-1-4-8-12)11-15-17-16(18-20-15)13-9-5-2-6-10-13/h1-10H,11H2. The molecular formula is C16H12N2O2. The van der Waals surface area contributed by atoms with Gasteiger partial charge in [-0.15, -0.1) is 0 Å². The van der Waals surface area contributed by atoms with Gasteiger partial charge >= 0.3 is 0 Å². The van der Waals surface area contributed by atoms with E-state index in [2.05, 4.69) is 10.1 Å². The molecule has 0 radical (unpaired) electrons. The number of ketones is 1. The van der Waals surface area contributed by atoms with Gasteiger partial charge in [-0.3, -0.25) is 4.79 Å². The van der Waals surface area contributed by atoms with Crippen LogP contribution in [0.3, 0.4) is 0 Å². The van der Waals surface area contributed by atoms with E-state index in [1.807, 2.05) is 48.5 Å². The van der Waals surface area contributed by atoms with E-state index < -0.39 is 0 Å². The van der Waals surface area contributed by atoms with Gasteiger partial charge in [0.25, 0.3) is 0 Å². The van der Waals surface area contributed by atoms with Gasteiger partial charge in [0.15, 0.2) is 5.78 Å². The van der Waals surface area contributed by atoms with Crippen LogP contribution >= 0.6 is 0 Å². The molecule has 0 N–H and O–H groups in total. The lowest BCUT2D eigenvalue weighted by molar-refractivity contribution is 0.0983. The number of Topliss-reactive ketones (excluding diaryl/α,β-unsaturated/α-hetero) is 1. The summed E-state index contributed by atoms with van der Waals surface area (Å²) in [6.07, 6.45) is 0.115. The molecule has 0 spiro atoms. The van der Waals surface area contributed by atoms with Crippen LogP contribution in [0.2, 0.25) is 0 Å². The average Bonchev–Trinajstić information content (AvgIpc) is 2.97. The molecule has 4 nitrogen and oxygen atoms in total. The summed E-state index contributed by atoms with van der Waals surface area (Å²) >= 11 is 0. The quantitative estimate of drug-likeness (QED) is 0.679. The van der Waals surface area contributed by atoms with Crippen molar-refractivity contribution in [3.05, 3.63) is 72.1 Å². The van der Waals surface area contributed by atoms with Gasteiger partial charge in [0.1, 0.15) is 0 Å². The van der Waals surface area contributed by atoms with E-state index in [0.29, 0.717) is 17.3 Å². The molecule has 0 amide bonds. The largest absolute Gasteiger partial charge is 0.338 e. The van der Waals surface area contributed by atoms with E-state index in [4.69, 9.17) is 4.52 Å². The van der Waals surface area contributed by atoms with Crippen LogP contribution in [0.1, 0.15) is 16.2 Å². The lowest BCUT2D eigenvalue weighted by atomic mass is 10.1. The van der Waals surface area contributed by atoms with E-state index in [9.17, 15) is 4.79 Å². The summed E-state index contributed by atoms with van der Waals surface area (Å²) in [5.41, 5.74) is 1.52. The van der Waals surface area contributed by atoms with Crippen molar-refractivity contribution in [3.63, 3.8) is 0 Å². The molecule has 4 heteroatoms. The van der Waals surface area contributed by atoms with E-state index in [1.54, 1.807) is 12.1 Å². The maximum absolute atomic E-state index is 12.0. The molecule has 0 atom stereocenters. The Bertz CT molecular complexity index is 706. The summed E-state index contributed by atoms with van der Waals surface area (Å²) in [5, 5.41) is 3.89. The molecule has 0 aliphatic carbocycles. The van der Waals surface area contributed by atoms with Crippen LogP contribution in [0.25, 0.3) is 11.4 Å². The normalized spacial score (nSPS) is 10.4. The van der Waals surface area contributed by atoms with Gasteiger partial charge in [0, 0.05) is 11.1 Å². The Morgan fingerprint density at radius 2 is 1.60 bits per heavy atom. The van der Waals surface area contributed by atoms with Gasteiger partial charge < -0.3 is 4.52 Å². The van der Waals surface area contributed by atoms with Crippen LogP contribution in [0.5, 0.6) is 0 Å². The number of hydrogen-bond donors (Lipinski definition) is 0. The third-order valence-electron chi connectivity index (χ3n) is 2.91. The van der Waals surface area contributed by atoms with Crippen molar-refractivity contribution in [1.82, 2.24) is 10.1 Å². The van der Waals surface area contributed by atoms with Crippen molar-refractivity contribution in [2.75, 3.05) is 0 Å². The van der Waals surface area contributed by atoms with Crippen molar-refractivity contribution in [2.45, 2.75) is 6.42 Å². The first-order valence-corrected chi connectivity index (χ1v) is 6.29. The fraction of sp³-hybridized carbons (Fsp3) is 0.0625. The van der Waals surface area contributed by atoms with Gasteiger partial charge in [-0.1, -0.05) is 65.8 Å². The number of aromatic nitrogens is 2. The highest BCUT2D eigenvalue weighted by molar-refractivity contribution is 5.96.